The average molecular weight is 392 g/mol. The van der Waals surface area contributed by atoms with E-state index in [1.54, 1.807) is 6.20 Å². The van der Waals surface area contributed by atoms with Gasteiger partial charge in [-0.25, -0.2) is 0 Å². The van der Waals surface area contributed by atoms with Crippen molar-refractivity contribution in [1.82, 2.24) is 14.8 Å². The molecule has 156 valence electrons. The van der Waals surface area contributed by atoms with Crippen LogP contribution in [-0.2, 0) is 20.9 Å². The third kappa shape index (κ3) is 6.24. The van der Waals surface area contributed by atoms with Gasteiger partial charge in [0.25, 0.3) is 0 Å². The van der Waals surface area contributed by atoms with Crippen LogP contribution in [0.2, 0.25) is 0 Å². The lowest BCUT2D eigenvalue weighted by molar-refractivity contribution is -0.133. The molecule has 0 aromatic carbocycles. The summed E-state index contributed by atoms with van der Waals surface area (Å²) in [5, 5.41) is 9.32. The predicted octanol–water partition coefficient (Wildman–Crippen LogP) is 1.31. The molecule has 7 heteroatoms. The van der Waals surface area contributed by atoms with Crippen molar-refractivity contribution in [3.8, 4) is 0 Å². The highest BCUT2D eigenvalue weighted by molar-refractivity contribution is 5.78. The van der Waals surface area contributed by atoms with E-state index in [2.05, 4.69) is 16.8 Å². The minimum absolute atomic E-state index is 0.0746. The van der Waals surface area contributed by atoms with Gasteiger partial charge in [-0.1, -0.05) is 6.07 Å². The second-order valence-electron chi connectivity index (χ2n) is 7.90. The minimum atomic E-state index is -0.0746. The standard InChI is InChI=1S/C21H33N3O4/c1-17(5-9-25)23-13-20(28-16-19-4-2-3-8-22-19)14-24(21(26)15-23)12-18-6-10-27-11-7-18/h2-4,8,17-18,20,25H,5-7,9-16H2,1H3/t17-,20-/m1/s1. The third-order valence-electron chi connectivity index (χ3n) is 5.74. The molecule has 7 nitrogen and oxygen atoms in total. The summed E-state index contributed by atoms with van der Waals surface area (Å²) in [5.41, 5.74) is 0.893. The number of carbonyl (C=O) groups is 1. The maximum absolute atomic E-state index is 12.9. The normalized spacial score (nSPS) is 23.6. The molecule has 3 rings (SSSR count). The molecule has 1 amide bonds. The van der Waals surface area contributed by atoms with Crippen LogP contribution in [-0.4, -0.2) is 83.9 Å². The Labute approximate surface area is 167 Å². The zero-order valence-electron chi connectivity index (χ0n) is 16.8. The molecule has 2 atom stereocenters. The summed E-state index contributed by atoms with van der Waals surface area (Å²) in [5.74, 6) is 0.649. The van der Waals surface area contributed by atoms with Crippen LogP contribution in [0, 0.1) is 5.92 Å². The fourth-order valence-corrected chi connectivity index (χ4v) is 3.92. The highest BCUT2D eigenvalue weighted by atomic mass is 16.5. The lowest BCUT2D eigenvalue weighted by Crippen LogP contribution is -2.42. The fourth-order valence-electron chi connectivity index (χ4n) is 3.92. The van der Waals surface area contributed by atoms with Crippen LogP contribution in [0.1, 0.15) is 31.9 Å². The number of aliphatic hydroxyl groups excluding tert-OH is 1. The number of hydrogen-bond donors (Lipinski definition) is 1. The second kappa shape index (κ2) is 10.9. The molecular formula is C21H33N3O4. The topological polar surface area (TPSA) is 75.1 Å². The summed E-state index contributed by atoms with van der Waals surface area (Å²) in [4.78, 5) is 21.4. The van der Waals surface area contributed by atoms with Gasteiger partial charge in [-0.3, -0.25) is 14.7 Å². The molecule has 0 radical (unpaired) electrons. The third-order valence-corrected chi connectivity index (χ3v) is 5.74. The summed E-state index contributed by atoms with van der Waals surface area (Å²) in [6, 6.07) is 5.93. The number of pyridine rings is 1. The molecule has 2 aliphatic rings. The van der Waals surface area contributed by atoms with Crippen molar-refractivity contribution >= 4 is 5.91 Å². The zero-order chi connectivity index (χ0) is 19.8. The quantitative estimate of drug-likeness (QED) is 0.720. The first-order valence-electron chi connectivity index (χ1n) is 10.4. The molecule has 0 spiro atoms. The van der Waals surface area contributed by atoms with Gasteiger partial charge in [0.05, 0.1) is 24.9 Å². The van der Waals surface area contributed by atoms with Crippen molar-refractivity contribution < 1.29 is 19.4 Å². The summed E-state index contributed by atoms with van der Waals surface area (Å²) >= 11 is 0. The van der Waals surface area contributed by atoms with Crippen molar-refractivity contribution in [3.05, 3.63) is 30.1 Å². The van der Waals surface area contributed by atoms with Crippen LogP contribution in [0.4, 0.5) is 0 Å². The molecule has 0 unspecified atom stereocenters. The van der Waals surface area contributed by atoms with E-state index in [-0.39, 0.29) is 24.7 Å². The Balaban J connectivity index is 1.66. The van der Waals surface area contributed by atoms with Gasteiger partial charge in [0.1, 0.15) is 0 Å². The molecule has 2 saturated heterocycles. The highest BCUT2D eigenvalue weighted by Crippen LogP contribution is 2.20. The number of hydrogen-bond acceptors (Lipinski definition) is 6. The number of aromatic nitrogens is 1. The van der Waals surface area contributed by atoms with Crippen molar-refractivity contribution in [1.29, 1.82) is 0 Å². The van der Waals surface area contributed by atoms with Gasteiger partial charge in [0.2, 0.25) is 5.91 Å². The molecule has 0 bridgehead atoms. The lowest BCUT2D eigenvalue weighted by Gasteiger charge is -2.30. The predicted molar refractivity (Wildman–Crippen MR) is 106 cm³/mol. The highest BCUT2D eigenvalue weighted by Gasteiger charge is 2.32. The zero-order valence-corrected chi connectivity index (χ0v) is 16.8. The van der Waals surface area contributed by atoms with Gasteiger partial charge in [-0.05, 0) is 44.2 Å². The van der Waals surface area contributed by atoms with Crippen molar-refractivity contribution in [2.75, 3.05) is 46.0 Å². The van der Waals surface area contributed by atoms with E-state index in [9.17, 15) is 9.90 Å². The van der Waals surface area contributed by atoms with E-state index in [4.69, 9.17) is 9.47 Å². The van der Waals surface area contributed by atoms with E-state index >= 15 is 0 Å². The van der Waals surface area contributed by atoms with E-state index in [0.29, 0.717) is 38.6 Å². The number of carbonyl (C=O) groups excluding carboxylic acids is 1. The second-order valence-corrected chi connectivity index (χ2v) is 7.90. The molecule has 1 N–H and O–H groups in total. The summed E-state index contributed by atoms with van der Waals surface area (Å²) in [7, 11) is 0. The Morgan fingerprint density at radius 3 is 2.86 bits per heavy atom. The Bertz CT molecular complexity index is 595. The van der Waals surface area contributed by atoms with Gasteiger partial charge in [0.15, 0.2) is 0 Å². The SMILES string of the molecule is C[C@H](CCO)N1CC(=O)N(CC2CCOCC2)C[C@H](OCc2ccccn2)C1. The first-order chi connectivity index (χ1) is 13.7. The molecule has 2 fully saturated rings. The largest absolute Gasteiger partial charge is 0.396 e. The lowest BCUT2D eigenvalue weighted by atomic mass is 9.99. The van der Waals surface area contributed by atoms with Crippen LogP contribution in [0.5, 0.6) is 0 Å². The van der Waals surface area contributed by atoms with Gasteiger partial charge in [-0.2, -0.15) is 0 Å². The summed E-state index contributed by atoms with van der Waals surface area (Å²) < 4.78 is 11.6. The summed E-state index contributed by atoms with van der Waals surface area (Å²) in [6.07, 6.45) is 4.36. The van der Waals surface area contributed by atoms with E-state index in [0.717, 1.165) is 38.3 Å². The number of nitrogens with zero attached hydrogens (tertiary/aromatic N) is 3. The van der Waals surface area contributed by atoms with E-state index in [1.807, 2.05) is 23.1 Å². The van der Waals surface area contributed by atoms with Gasteiger partial charge in [-0.15, -0.1) is 0 Å². The molecular weight excluding hydrogens is 358 g/mol. The van der Waals surface area contributed by atoms with Gasteiger partial charge >= 0.3 is 0 Å². The molecule has 1 aromatic rings. The first-order valence-corrected chi connectivity index (χ1v) is 10.4. The smallest absolute Gasteiger partial charge is 0.236 e. The Morgan fingerprint density at radius 2 is 2.14 bits per heavy atom. The maximum atomic E-state index is 12.9. The van der Waals surface area contributed by atoms with Crippen molar-refractivity contribution in [2.24, 2.45) is 5.92 Å². The van der Waals surface area contributed by atoms with Crippen LogP contribution in [0.3, 0.4) is 0 Å². The Morgan fingerprint density at radius 1 is 1.32 bits per heavy atom. The molecule has 1 aromatic heterocycles. The number of amides is 1. The molecule has 2 aliphatic heterocycles. The van der Waals surface area contributed by atoms with Gasteiger partial charge < -0.3 is 19.5 Å². The number of rotatable bonds is 8. The maximum Gasteiger partial charge on any atom is 0.236 e. The first kappa shape index (κ1) is 21.2. The van der Waals surface area contributed by atoms with Crippen LogP contribution < -0.4 is 0 Å². The Kier molecular flexibility index (Phi) is 8.21. The average Bonchev–Trinajstić information content (AvgIpc) is 2.87. The van der Waals surface area contributed by atoms with E-state index in [1.165, 1.54) is 0 Å². The summed E-state index contributed by atoms with van der Waals surface area (Å²) in [6.45, 7) is 6.63. The number of ether oxygens (including phenoxy) is 2. The van der Waals surface area contributed by atoms with Crippen molar-refractivity contribution in [2.45, 2.75) is 44.9 Å². The minimum Gasteiger partial charge on any atom is -0.396 e. The van der Waals surface area contributed by atoms with Gasteiger partial charge in [0, 0.05) is 51.7 Å². The van der Waals surface area contributed by atoms with Crippen LogP contribution >= 0.6 is 0 Å². The Hall–Kier alpha value is -1.54. The number of aliphatic hydroxyl groups is 1. The van der Waals surface area contributed by atoms with Crippen molar-refractivity contribution in [3.63, 3.8) is 0 Å². The molecule has 0 saturated carbocycles. The molecule has 0 aliphatic carbocycles. The van der Waals surface area contributed by atoms with E-state index < -0.39 is 0 Å². The van der Waals surface area contributed by atoms with Crippen LogP contribution in [0.15, 0.2) is 24.4 Å². The molecule has 3 heterocycles. The molecule has 28 heavy (non-hydrogen) atoms. The monoisotopic (exact) mass is 391 g/mol. The van der Waals surface area contributed by atoms with Crippen LogP contribution in [0.25, 0.3) is 0 Å². The fraction of sp³-hybridized carbons (Fsp3) is 0.714.